The first-order valence-electron chi connectivity index (χ1n) is 8.89. The highest BCUT2D eigenvalue weighted by atomic mass is 35.5. The fourth-order valence-electron chi connectivity index (χ4n) is 2.84. The number of amides is 1. The van der Waals surface area contributed by atoms with Crippen LogP contribution in [0.5, 0.6) is 5.75 Å². The number of carbonyl (C=O) groups excluding carboxylic acids is 2. The lowest BCUT2D eigenvalue weighted by atomic mass is 10.0. The quantitative estimate of drug-likeness (QED) is 0.471. The lowest BCUT2D eigenvalue weighted by Crippen LogP contribution is -2.13. The van der Waals surface area contributed by atoms with Gasteiger partial charge in [-0.15, -0.1) is 0 Å². The molecule has 0 aliphatic heterocycles. The van der Waals surface area contributed by atoms with Gasteiger partial charge in [-0.05, 0) is 41.5 Å². The first-order chi connectivity index (χ1) is 13.5. The first-order valence-corrected chi connectivity index (χ1v) is 9.27. The predicted molar refractivity (Wildman–Crippen MR) is 111 cm³/mol. The SMILES string of the molecule is CC(=O)Nc1ccc(CC(=O)Oc2ccc(Cl)cc2Cc2ccccc2)cc1. The average molecular weight is 394 g/mol. The van der Waals surface area contributed by atoms with Crippen molar-refractivity contribution in [2.45, 2.75) is 19.8 Å². The van der Waals surface area contributed by atoms with E-state index in [2.05, 4.69) is 5.32 Å². The molecule has 0 saturated heterocycles. The zero-order valence-corrected chi connectivity index (χ0v) is 16.2. The van der Waals surface area contributed by atoms with Gasteiger partial charge in [-0.25, -0.2) is 0 Å². The molecule has 142 valence electrons. The van der Waals surface area contributed by atoms with Crippen LogP contribution in [0.25, 0.3) is 0 Å². The molecule has 0 bridgehead atoms. The van der Waals surface area contributed by atoms with Crippen molar-refractivity contribution in [3.8, 4) is 5.75 Å². The molecule has 0 fully saturated rings. The van der Waals surface area contributed by atoms with E-state index >= 15 is 0 Å². The third kappa shape index (κ3) is 5.69. The van der Waals surface area contributed by atoms with E-state index in [-0.39, 0.29) is 18.3 Å². The number of carbonyl (C=O) groups is 2. The van der Waals surface area contributed by atoms with Crippen molar-refractivity contribution in [3.63, 3.8) is 0 Å². The molecule has 0 radical (unpaired) electrons. The summed E-state index contributed by atoms with van der Waals surface area (Å²) in [6.45, 7) is 1.45. The topological polar surface area (TPSA) is 55.4 Å². The summed E-state index contributed by atoms with van der Waals surface area (Å²) in [6, 6.07) is 22.3. The number of hydrogen-bond acceptors (Lipinski definition) is 3. The Morgan fingerprint density at radius 1 is 0.929 bits per heavy atom. The number of ether oxygens (including phenoxy) is 1. The van der Waals surface area contributed by atoms with E-state index in [1.807, 2.05) is 36.4 Å². The van der Waals surface area contributed by atoms with Gasteiger partial charge in [-0.1, -0.05) is 54.1 Å². The van der Waals surface area contributed by atoms with Crippen LogP contribution in [0.1, 0.15) is 23.6 Å². The van der Waals surface area contributed by atoms with E-state index in [1.54, 1.807) is 36.4 Å². The maximum atomic E-state index is 12.4. The molecule has 0 aromatic heterocycles. The fourth-order valence-corrected chi connectivity index (χ4v) is 3.03. The molecule has 4 nitrogen and oxygen atoms in total. The van der Waals surface area contributed by atoms with E-state index in [0.717, 1.165) is 16.7 Å². The van der Waals surface area contributed by atoms with Gasteiger partial charge >= 0.3 is 5.97 Å². The number of anilines is 1. The molecule has 0 aliphatic rings. The smallest absolute Gasteiger partial charge is 0.315 e. The van der Waals surface area contributed by atoms with E-state index < -0.39 is 0 Å². The number of hydrogen-bond donors (Lipinski definition) is 1. The van der Waals surface area contributed by atoms with Crippen molar-refractivity contribution in [2.75, 3.05) is 5.32 Å². The van der Waals surface area contributed by atoms with Crippen LogP contribution in [-0.4, -0.2) is 11.9 Å². The number of nitrogens with one attached hydrogen (secondary N) is 1. The van der Waals surface area contributed by atoms with Crippen molar-refractivity contribution in [1.82, 2.24) is 0 Å². The molecule has 0 unspecified atom stereocenters. The van der Waals surface area contributed by atoms with E-state index in [4.69, 9.17) is 16.3 Å². The third-order valence-electron chi connectivity index (χ3n) is 4.11. The molecule has 5 heteroatoms. The first kappa shape index (κ1) is 19.6. The third-order valence-corrected chi connectivity index (χ3v) is 4.34. The average Bonchev–Trinajstić information content (AvgIpc) is 2.66. The Morgan fingerprint density at radius 3 is 2.32 bits per heavy atom. The van der Waals surface area contributed by atoms with Gasteiger partial charge in [0.25, 0.3) is 0 Å². The van der Waals surface area contributed by atoms with Crippen molar-refractivity contribution in [1.29, 1.82) is 0 Å². The maximum Gasteiger partial charge on any atom is 0.315 e. The predicted octanol–water partition coefficient (Wildman–Crippen LogP) is 5.04. The minimum absolute atomic E-state index is 0.133. The molecule has 0 spiro atoms. The molecule has 1 amide bonds. The highest BCUT2D eigenvalue weighted by molar-refractivity contribution is 6.30. The Morgan fingerprint density at radius 2 is 1.64 bits per heavy atom. The number of halogens is 1. The minimum Gasteiger partial charge on any atom is -0.426 e. The number of rotatable bonds is 6. The summed E-state index contributed by atoms with van der Waals surface area (Å²) in [6.07, 6.45) is 0.753. The van der Waals surface area contributed by atoms with Gasteiger partial charge in [0.15, 0.2) is 0 Å². The summed E-state index contributed by atoms with van der Waals surface area (Å²) >= 11 is 6.13. The summed E-state index contributed by atoms with van der Waals surface area (Å²) in [5.41, 5.74) is 3.45. The lowest BCUT2D eigenvalue weighted by molar-refractivity contribution is -0.133. The summed E-state index contributed by atoms with van der Waals surface area (Å²) in [4.78, 5) is 23.5. The Bertz CT molecular complexity index is 969. The van der Waals surface area contributed by atoms with Crippen LogP contribution in [0, 0.1) is 0 Å². The van der Waals surface area contributed by atoms with Crippen molar-refractivity contribution < 1.29 is 14.3 Å². The second-order valence-corrected chi connectivity index (χ2v) is 6.88. The fraction of sp³-hybridized carbons (Fsp3) is 0.130. The number of esters is 1. The monoisotopic (exact) mass is 393 g/mol. The largest absolute Gasteiger partial charge is 0.426 e. The van der Waals surface area contributed by atoms with Gasteiger partial charge in [0.2, 0.25) is 5.91 Å². The highest BCUT2D eigenvalue weighted by Gasteiger charge is 2.12. The normalized spacial score (nSPS) is 10.4. The zero-order valence-electron chi connectivity index (χ0n) is 15.4. The molecule has 0 aliphatic carbocycles. The van der Waals surface area contributed by atoms with Gasteiger partial charge in [0, 0.05) is 29.6 Å². The standard InChI is InChI=1S/C23H20ClNO3/c1-16(26)25-21-10-7-18(8-11-21)14-23(27)28-22-12-9-20(24)15-19(22)13-17-5-3-2-4-6-17/h2-12,15H,13-14H2,1H3,(H,25,26). The Kier molecular flexibility index (Phi) is 6.45. The molecule has 3 rings (SSSR count). The van der Waals surface area contributed by atoms with E-state index in [0.29, 0.717) is 22.9 Å². The summed E-state index contributed by atoms with van der Waals surface area (Å²) in [5, 5.41) is 3.29. The zero-order chi connectivity index (χ0) is 19.9. The Labute approximate surface area is 169 Å². The van der Waals surface area contributed by atoms with Gasteiger partial charge < -0.3 is 10.1 Å². The molecule has 3 aromatic rings. The van der Waals surface area contributed by atoms with Crippen LogP contribution < -0.4 is 10.1 Å². The van der Waals surface area contributed by atoms with Crippen molar-refractivity contribution in [2.24, 2.45) is 0 Å². The molecule has 0 atom stereocenters. The number of benzene rings is 3. The second kappa shape index (κ2) is 9.20. The molecule has 0 saturated carbocycles. The van der Waals surface area contributed by atoms with Crippen LogP contribution in [0.4, 0.5) is 5.69 Å². The van der Waals surface area contributed by atoms with Gasteiger partial charge in [0.1, 0.15) is 5.75 Å². The minimum atomic E-state index is -0.357. The molecular weight excluding hydrogens is 374 g/mol. The molecule has 28 heavy (non-hydrogen) atoms. The van der Waals surface area contributed by atoms with Crippen LogP contribution in [0.3, 0.4) is 0 Å². The van der Waals surface area contributed by atoms with Crippen LogP contribution >= 0.6 is 11.6 Å². The second-order valence-electron chi connectivity index (χ2n) is 6.44. The van der Waals surface area contributed by atoms with E-state index in [1.165, 1.54) is 6.92 Å². The highest BCUT2D eigenvalue weighted by Crippen LogP contribution is 2.26. The van der Waals surface area contributed by atoms with Crippen LogP contribution in [0.15, 0.2) is 72.8 Å². The molecule has 0 heterocycles. The van der Waals surface area contributed by atoms with Crippen molar-refractivity contribution in [3.05, 3.63) is 94.5 Å². The molecular formula is C23H20ClNO3. The molecule has 1 N–H and O–H groups in total. The summed E-state index contributed by atoms with van der Waals surface area (Å²) in [5.74, 6) is 0.0119. The Hall–Kier alpha value is -3.11. The van der Waals surface area contributed by atoms with Gasteiger partial charge in [-0.3, -0.25) is 9.59 Å². The maximum absolute atomic E-state index is 12.4. The lowest BCUT2D eigenvalue weighted by Gasteiger charge is -2.11. The Balaban J connectivity index is 1.69. The summed E-state index contributed by atoms with van der Waals surface area (Å²) in [7, 11) is 0. The molecule has 3 aromatic carbocycles. The van der Waals surface area contributed by atoms with Gasteiger partial charge in [-0.2, -0.15) is 0 Å². The van der Waals surface area contributed by atoms with E-state index in [9.17, 15) is 9.59 Å². The van der Waals surface area contributed by atoms with Gasteiger partial charge in [0.05, 0.1) is 6.42 Å². The van der Waals surface area contributed by atoms with Crippen LogP contribution in [-0.2, 0) is 22.4 Å². The summed E-state index contributed by atoms with van der Waals surface area (Å²) < 4.78 is 5.60. The van der Waals surface area contributed by atoms with Crippen LogP contribution in [0.2, 0.25) is 5.02 Å². The van der Waals surface area contributed by atoms with Crippen molar-refractivity contribution >= 4 is 29.2 Å².